The molecule has 0 aromatic heterocycles. The fourth-order valence-corrected chi connectivity index (χ4v) is 8.83. The number of unbranched alkanes of at least 4 members (excludes halogenated alkanes) is 30. The largest absolute Gasteiger partial charge is 0.756 e. The van der Waals surface area contributed by atoms with Gasteiger partial charge in [-0.05, 0) is 44.9 Å². The summed E-state index contributed by atoms with van der Waals surface area (Å²) in [6.07, 6.45) is 66.3. The molecule has 0 spiro atoms. The van der Waals surface area contributed by atoms with Gasteiger partial charge in [0.15, 0.2) is 0 Å². The van der Waals surface area contributed by atoms with Crippen LogP contribution in [0.15, 0.2) is 60.8 Å². The number of phosphoric acid groups is 1. The summed E-state index contributed by atoms with van der Waals surface area (Å²) in [6.45, 7) is 4.49. The number of amides is 1. The van der Waals surface area contributed by atoms with E-state index in [0.29, 0.717) is 17.4 Å². The molecule has 0 radical (unpaired) electrons. The number of hydrogen-bond donors (Lipinski definition) is 2. The van der Waals surface area contributed by atoms with Gasteiger partial charge in [0.25, 0.3) is 7.82 Å². The standard InChI is InChI=1S/C58H109N2O6P/c1-6-8-10-12-14-16-18-20-21-22-23-24-25-26-27-28-29-30-31-32-33-34-35-36-37-38-40-41-43-45-47-49-51-57(61)56(55-66-67(63,64)65-54-53-60(3,4)5)59-58(62)52-50-48-46-44-42-39-19-17-15-13-11-9-7-2/h9,11,15,17,39,42,46,48-49,51,56-57,61H,6-8,10,12-14,16,18-38,40-41,43-45,47,50,52-55H2,1-5H3,(H-,59,62,63,64)/b11-9-,17-15-,42-39-,48-46-,51-49+. The van der Waals surface area contributed by atoms with Crippen LogP contribution in [0.3, 0.4) is 0 Å². The van der Waals surface area contributed by atoms with Crippen LogP contribution in [0.2, 0.25) is 0 Å². The van der Waals surface area contributed by atoms with E-state index in [1.54, 1.807) is 6.08 Å². The molecule has 0 aliphatic heterocycles. The summed E-state index contributed by atoms with van der Waals surface area (Å²) in [5.74, 6) is -0.277. The zero-order chi connectivity index (χ0) is 49.2. The Labute approximate surface area is 415 Å². The number of rotatable bonds is 51. The van der Waals surface area contributed by atoms with Crippen molar-refractivity contribution in [2.24, 2.45) is 0 Å². The third kappa shape index (κ3) is 51.9. The first kappa shape index (κ1) is 65.2. The number of carbonyl (C=O) groups excluding carboxylic acids is 1. The average molecular weight is 961 g/mol. The molecule has 8 nitrogen and oxygen atoms in total. The van der Waals surface area contributed by atoms with Crippen LogP contribution in [0.4, 0.5) is 0 Å². The van der Waals surface area contributed by atoms with Gasteiger partial charge in [0.1, 0.15) is 13.2 Å². The topological polar surface area (TPSA) is 108 Å². The normalized spacial score (nSPS) is 14.4. The maximum Gasteiger partial charge on any atom is 0.268 e. The maximum absolute atomic E-state index is 12.8. The molecule has 67 heavy (non-hydrogen) atoms. The molecule has 2 N–H and O–H groups in total. The SMILES string of the molecule is CC/C=C\C/C=C\C/C=C\C/C=C\CCC(=O)NC(COP(=O)([O-])OCC[N+](C)(C)C)C(O)/C=C/CCCCCCCCCCCCCCCCCCCCCCCCCCCCCCCC. The van der Waals surface area contributed by atoms with Crippen LogP contribution in [0.5, 0.6) is 0 Å². The molecule has 392 valence electrons. The molecule has 0 aromatic carbocycles. The zero-order valence-electron chi connectivity index (χ0n) is 44.6. The highest BCUT2D eigenvalue weighted by Crippen LogP contribution is 2.38. The van der Waals surface area contributed by atoms with Gasteiger partial charge in [0.2, 0.25) is 5.91 Å². The Balaban J connectivity index is 4.10. The van der Waals surface area contributed by atoms with Crippen LogP contribution >= 0.6 is 7.82 Å². The molecule has 0 saturated carbocycles. The fourth-order valence-electron chi connectivity index (χ4n) is 8.11. The van der Waals surface area contributed by atoms with Gasteiger partial charge in [-0.2, -0.15) is 0 Å². The van der Waals surface area contributed by atoms with E-state index in [2.05, 4.69) is 55.6 Å². The highest BCUT2D eigenvalue weighted by Gasteiger charge is 2.23. The van der Waals surface area contributed by atoms with Crippen molar-refractivity contribution in [3.8, 4) is 0 Å². The van der Waals surface area contributed by atoms with Gasteiger partial charge < -0.3 is 28.8 Å². The van der Waals surface area contributed by atoms with Gasteiger partial charge in [0.05, 0.1) is 39.9 Å². The van der Waals surface area contributed by atoms with E-state index < -0.39 is 26.6 Å². The molecule has 0 saturated heterocycles. The number of carbonyl (C=O) groups is 1. The number of hydrogen-bond acceptors (Lipinski definition) is 6. The fraction of sp³-hybridized carbons (Fsp3) is 0.810. The van der Waals surface area contributed by atoms with Crippen LogP contribution in [0.1, 0.15) is 251 Å². The van der Waals surface area contributed by atoms with Gasteiger partial charge >= 0.3 is 0 Å². The first-order valence-corrected chi connectivity index (χ1v) is 29.6. The summed E-state index contributed by atoms with van der Waals surface area (Å²) in [6, 6.07) is -0.927. The number of nitrogens with zero attached hydrogens (tertiary/aromatic N) is 1. The van der Waals surface area contributed by atoms with Crippen molar-refractivity contribution in [2.45, 2.75) is 264 Å². The van der Waals surface area contributed by atoms with Gasteiger partial charge in [-0.3, -0.25) is 9.36 Å². The zero-order valence-corrected chi connectivity index (χ0v) is 45.5. The molecule has 9 heteroatoms. The van der Waals surface area contributed by atoms with Gasteiger partial charge in [-0.1, -0.05) is 261 Å². The molecule has 3 unspecified atom stereocenters. The van der Waals surface area contributed by atoms with Crippen LogP contribution in [0.25, 0.3) is 0 Å². The molecule has 0 heterocycles. The molecule has 0 rings (SSSR count). The van der Waals surface area contributed by atoms with E-state index in [4.69, 9.17) is 9.05 Å². The number of nitrogens with one attached hydrogen (secondary N) is 1. The predicted octanol–water partition coefficient (Wildman–Crippen LogP) is 16.3. The number of allylic oxidation sites excluding steroid dienone is 9. The number of quaternary nitrogens is 1. The first-order chi connectivity index (χ1) is 32.5. The van der Waals surface area contributed by atoms with E-state index in [1.165, 1.54) is 180 Å². The number of aliphatic hydroxyl groups is 1. The molecule has 0 aromatic rings. The highest BCUT2D eigenvalue weighted by atomic mass is 31.2. The minimum Gasteiger partial charge on any atom is -0.756 e. The molecule has 3 atom stereocenters. The lowest BCUT2D eigenvalue weighted by Crippen LogP contribution is -2.45. The number of phosphoric ester groups is 1. The van der Waals surface area contributed by atoms with Crippen molar-refractivity contribution in [1.82, 2.24) is 5.32 Å². The van der Waals surface area contributed by atoms with E-state index in [1.807, 2.05) is 39.4 Å². The van der Waals surface area contributed by atoms with E-state index >= 15 is 0 Å². The summed E-state index contributed by atoms with van der Waals surface area (Å²) in [5, 5.41) is 13.8. The molecular formula is C58H109N2O6P. The molecule has 0 aliphatic carbocycles. The van der Waals surface area contributed by atoms with Crippen LogP contribution < -0.4 is 10.2 Å². The second-order valence-corrected chi connectivity index (χ2v) is 21.7. The number of likely N-dealkylation sites (N-methyl/N-ethyl adjacent to an activating group) is 1. The Hall–Kier alpha value is -1.80. The lowest BCUT2D eigenvalue weighted by atomic mass is 10.0. The molecular weight excluding hydrogens is 852 g/mol. The quantitative estimate of drug-likeness (QED) is 0.0272. The second kappa shape index (κ2) is 49.2. The Morgan fingerprint density at radius 3 is 1.30 bits per heavy atom. The first-order valence-electron chi connectivity index (χ1n) is 28.2. The Morgan fingerprint density at radius 1 is 0.537 bits per heavy atom. The minimum atomic E-state index is -4.61. The van der Waals surface area contributed by atoms with E-state index in [-0.39, 0.29) is 18.9 Å². The third-order valence-electron chi connectivity index (χ3n) is 12.5. The van der Waals surface area contributed by atoms with E-state index in [0.717, 1.165) is 44.9 Å². The number of aliphatic hydroxyl groups excluding tert-OH is 1. The van der Waals surface area contributed by atoms with Crippen molar-refractivity contribution < 1.29 is 32.9 Å². The van der Waals surface area contributed by atoms with Gasteiger partial charge in [0, 0.05) is 6.42 Å². The Morgan fingerprint density at radius 2 is 0.910 bits per heavy atom. The predicted molar refractivity (Wildman–Crippen MR) is 288 cm³/mol. The summed E-state index contributed by atoms with van der Waals surface area (Å²) >= 11 is 0. The monoisotopic (exact) mass is 961 g/mol. The smallest absolute Gasteiger partial charge is 0.268 e. The van der Waals surface area contributed by atoms with Crippen molar-refractivity contribution in [2.75, 3.05) is 40.9 Å². The lowest BCUT2D eigenvalue weighted by Gasteiger charge is -2.29. The van der Waals surface area contributed by atoms with Crippen LogP contribution in [-0.2, 0) is 18.4 Å². The van der Waals surface area contributed by atoms with Crippen molar-refractivity contribution in [3.63, 3.8) is 0 Å². The van der Waals surface area contributed by atoms with Gasteiger partial charge in [-0.15, -0.1) is 0 Å². The third-order valence-corrected chi connectivity index (χ3v) is 13.5. The van der Waals surface area contributed by atoms with E-state index in [9.17, 15) is 19.4 Å². The summed E-state index contributed by atoms with van der Waals surface area (Å²) in [5.41, 5.74) is 0. The Bertz CT molecular complexity index is 1270. The van der Waals surface area contributed by atoms with Crippen molar-refractivity contribution in [3.05, 3.63) is 60.8 Å². The minimum absolute atomic E-state index is 0.0155. The summed E-state index contributed by atoms with van der Waals surface area (Å²) in [7, 11) is 1.22. The lowest BCUT2D eigenvalue weighted by molar-refractivity contribution is -0.870. The molecule has 1 amide bonds. The van der Waals surface area contributed by atoms with Crippen LogP contribution in [0, 0.1) is 0 Å². The summed E-state index contributed by atoms with van der Waals surface area (Å²) in [4.78, 5) is 25.3. The molecule has 0 fully saturated rings. The maximum atomic E-state index is 12.8. The van der Waals surface area contributed by atoms with Crippen molar-refractivity contribution in [1.29, 1.82) is 0 Å². The average Bonchev–Trinajstić information content (AvgIpc) is 3.29. The summed E-state index contributed by atoms with van der Waals surface area (Å²) < 4.78 is 23.2. The molecule has 0 bridgehead atoms. The second-order valence-electron chi connectivity index (χ2n) is 20.3. The van der Waals surface area contributed by atoms with Crippen molar-refractivity contribution >= 4 is 13.7 Å². The Kier molecular flexibility index (Phi) is 47.9. The van der Waals surface area contributed by atoms with Gasteiger partial charge in [-0.25, -0.2) is 0 Å². The highest BCUT2D eigenvalue weighted by molar-refractivity contribution is 7.45. The van der Waals surface area contributed by atoms with Crippen LogP contribution in [-0.4, -0.2) is 68.5 Å². The molecule has 0 aliphatic rings.